The van der Waals surface area contributed by atoms with Gasteiger partial charge in [0.05, 0.1) is 18.5 Å². The lowest BCUT2D eigenvalue weighted by Gasteiger charge is -2.13. The van der Waals surface area contributed by atoms with Crippen LogP contribution in [0.25, 0.3) is 0 Å². The van der Waals surface area contributed by atoms with E-state index in [1.165, 1.54) is 12.3 Å². The highest BCUT2D eigenvalue weighted by Gasteiger charge is 2.19. The number of benzene rings is 1. The van der Waals surface area contributed by atoms with Crippen LogP contribution in [-0.4, -0.2) is 20.5 Å². The number of aromatic nitrogens is 1. The summed E-state index contributed by atoms with van der Waals surface area (Å²) in [7, 11) is -2.17. The second-order valence-corrected chi connectivity index (χ2v) is 6.09. The fraction of sp³-hybridized carbons (Fsp3) is 0.214. The van der Waals surface area contributed by atoms with E-state index in [0.29, 0.717) is 17.1 Å². The molecule has 3 N–H and O–H groups in total. The van der Waals surface area contributed by atoms with Crippen molar-refractivity contribution in [2.75, 3.05) is 11.8 Å². The standard InChI is InChI=1S/C14H17N3O3S/c1-10-8-11(20-2)5-6-12(10)17-21(18,19)14-4-3-7-16-13(14)9-15/h3-8,17H,9,15H2,1-2H3. The van der Waals surface area contributed by atoms with E-state index in [-0.39, 0.29) is 11.4 Å². The predicted octanol–water partition coefficient (Wildman–Crippen LogP) is 1.66. The van der Waals surface area contributed by atoms with E-state index in [4.69, 9.17) is 10.5 Å². The molecule has 0 spiro atoms. The van der Waals surface area contributed by atoms with Gasteiger partial charge in [-0.15, -0.1) is 0 Å². The third kappa shape index (κ3) is 3.32. The lowest BCUT2D eigenvalue weighted by molar-refractivity contribution is 0.414. The number of nitrogens with one attached hydrogen (secondary N) is 1. The summed E-state index contributed by atoms with van der Waals surface area (Å²) >= 11 is 0. The third-order valence-corrected chi connectivity index (χ3v) is 4.45. The molecular weight excluding hydrogens is 290 g/mol. The summed E-state index contributed by atoms with van der Waals surface area (Å²) in [4.78, 5) is 4.08. The van der Waals surface area contributed by atoms with Crippen LogP contribution in [-0.2, 0) is 16.6 Å². The molecule has 1 heterocycles. The van der Waals surface area contributed by atoms with Gasteiger partial charge in [0.1, 0.15) is 10.6 Å². The maximum Gasteiger partial charge on any atom is 0.263 e. The lowest BCUT2D eigenvalue weighted by Crippen LogP contribution is -2.17. The molecule has 0 saturated carbocycles. The average Bonchev–Trinajstić information content (AvgIpc) is 2.49. The molecule has 1 aromatic heterocycles. The molecule has 0 aliphatic carbocycles. The van der Waals surface area contributed by atoms with Gasteiger partial charge in [-0.1, -0.05) is 0 Å². The number of rotatable bonds is 5. The second kappa shape index (κ2) is 6.11. The van der Waals surface area contributed by atoms with Crippen LogP contribution in [0.2, 0.25) is 0 Å². The Hall–Kier alpha value is -2.12. The van der Waals surface area contributed by atoms with Crippen molar-refractivity contribution in [3.05, 3.63) is 47.8 Å². The maximum absolute atomic E-state index is 12.5. The number of anilines is 1. The highest BCUT2D eigenvalue weighted by atomic mass is 32.2. The summed E-state index contributed by atoms with van der Waals surface area (Å²) in [5, 5.41) is 0. The van der Waals surface area contributed by atoms with Gasteiger partial charge in [-0.3, -0.25) is 9.71 Å². The number of aryl methyl sites for hydroxylation is 1. The molecule has 0 radical (unpaired) electrons. The fourth-order valence-electron chi connectivity index (χ4n) is 1.90. The highest BCUT2D eigenvalue weighted by molar-refractivity contribution is 7.92. The molecule has 0 atom stereocenters. The van der Waals surface area contributed by atoms with E-state index in [0.717, 1.165) is 5.56 Å². The van der Waals surface area contributed by atoms with E-state index in [1.54, 1.807) is 38.3 Å². The summed E-state index contributed by atoms with van der Waals surface area (Å²) in [5.41, 5.74) is 7.12. The quantitative estimate of drug-likeness (QED) is 0.876. The number of ether oxygens (including phenoxy) is 1. The zero-order chi connectivity index (χ0) is 15.5. The van der Waals surface area contributed by atoms with Gasteiger partial charge >= 0.3 is 0 Å². The van der Waals surface area contributed by atoms with Crippen LogP contribution in [0.4, 0.5) is 5.69 Å². The molecule has 7 heteroatoms. The molecule has 21 heavy (non-hydrogen) atoms. The first-order chi connectivity index (χ1) is 9.97. The molecule has 0 aliphatic rings. The van der Waals surface area contributed by atoms with Crippen LogP contribution in [0.5, 0.6) is 5.75 Å². The van der Waals surface area contributed by atoms with Crippen molar-refractivity contribution in [3.63, 3.8) is 0 Å². The molecule has 0 saturated heterocycles. The summed E-state index contributed by atoms with van der Waals surface area (Å²) in [5.74, 6) is 0.666. The first-order valence-corrected chi connectivity index (χ1v) is 7.77. The Kier molecular flexibility index (Phi) is 4.44. The molecule has 2 rings (SSSR count). The van der Waals surface area contributed by atoms with E-state index in [2.05, 4.69) is 9.71 Å². The highest BCUT2D eigenvalue weighted by Crippen LogP contribution is 2.24. The van der Waals surface area contributed by atoms with Crippen LogP contribution in [0.1, 0.15) is 11.3 Å². The van der Waals surface area contributed by atoms with Gasteiger partial charge in [0.2, 0.25) is 0 Å². The van der Waals surface area contributed by atoms with Crippen molar-refractivity contribution < 1.29 is 13.2 Å². The molecule has 0 aliphatic heterocycles. The molecule has 112 valence electrons. The molecule has 1 aromatic carbocycles. The zero-order valence-electron chi connectivity index (χ0n) is 11.8. The largest absolute Gasteiger partial charge is 0.497 e. The van der Waals surface area contributed by atoms with E-state index < -0.39 is 10.0 Å². The maximum atomic E-state index is 12.5. The predicted molar refractivity (Wildman–Crippen MR) is 80.7 cm³/mol. The Balaban J connectivity index is 2.38. The van der Waals surface area contributed by atoms with Crippen molar-refractivity contribution in [2.24, 2.45) is 5.73 Å². The van der Waals surface area contributed by atoms with Gasteiger partial charge in [-0.2, -0.15) is 0 Å². The van der Waals surface area contributed by atoms with Crippen LogP contribution in [0.3, 0.4) is 0 Å². The van der Waals surface area contributed by atoms with Crippen LogP contribution in [0, 0.1) is 6.92 Å². The zero-order valence-corrected chi connectivity index (χ0v) is 12.6. The van der Waals surface area contributed by atoms with Gasteiger partial charge in [0, 0.05) is 12.7 Å². The van der Waals surface area contributed by atoms with Gasteiger partial charge in [0.15, 0.2) is 0 Å². The number of nitrogens with zero attached hydrogens (tertiary/aromatic N) is 1. The molecule has 0 bridgehead atoms. The molecule has 6 nitrogen and oxygen atoms in total. The van der Waals surface area contributed by atoms with Crippen molar-refractivity contribution in [3.8, 4) is 5.75 Å². The summed E-state index contributed by atoms with van der Waals surface area (Å²) in [6, 6.07) is 8.15. The topological polar surface area (TPSA) is 94.3 Å². The van der Waals surface area contributed by atoms with Gasteiger partial charge in [-0.25, -0.2) is 8.42 Å². The molecule has 0 amide bonds. The van der Waals surface area contributed by atoms with E-state index >= 15 is 0 Å². The Morgan fingerprint density at radius 1 is 1.33 bits per heavy atom. The first kappa shape index (κ1) is 15.3. The normalized spacial score (nSPS) is 11.2. The Morgan fingerprint density at radius 3 is 2.71 bits per heavy atom. The van der Waals surface area contributed by atoms with Crippen molar-refractivity contribution in [1.82, 2.24) is 4.98 Å². The van der Waals surface area contributed by atoms with Gasteiger partial charge in [0.25, 0.3) is 10.0 Å². The number of pyridine rings is 1. The fourth-order valence-corrected chi connectivity index (χ4v) is 3.23. The lowest BCUT2D eigenvalue weighted by atomic mass is 10.2. The Bertz CT molecular complexity index is 745. The van der Waals surface area contributed by atoms with Crippen LogP contribution in [0.15, 0.2) is 41.4 Å². The van der Waals surface area contributed by atoms with Crippen molar-refractivity contribution >= 4 is 15.7 Å². The monoisotopic (exact) mass is 307 g/mol. The Morgan fingerprint density at radius 2 is 2.10 bits per heavy atom. The van der Waals surface area contributed by atoms with E-state index in [9.17, 15) is 8.42 Å². The SMILES string of the molecule is COc1ccc(NS(=O)(=O)c2cccnc2CN)c(C)c1. The number of sulfonamides is 1. The van der Waals surface area contributed by atoms with Gasteiger partial charge < -0.3 is 10.5 Å². The van der Waals surface area contributed by atoms with Gasteiger partial charge in [-0.05, 0) is 42.8 Å². The number of hydrogen-bond acceptors (Lipinski definition) is 5. The third-order valence-electron chi connectivity index (χ3n) is 3.01. The van der Waals surface area contributed by atoms with E-state index in [1.807, 2.05) is 0 Å². The average molecular weight is 307 g/mol. The van der Waals surface area contributed by atoms with Crippen LogP contribution >= 0.6 is 0 Å². The molecular formula is C14H17N3O3S. The van der Waals surface area contributed by atoms with Crippen molar-refractivity contribution in [2.45, 2.75) is 18.4 Å². The minimum atomic E-state index is -3.73. The Labute approximate surface area is 124 Å². The molecule has 0 fully saturated rings. The first-order valence-electron chi connectivity index (χ1n) is 6.29. The molecule has 0 unspecified atom stereocenters. The minimum absolute atomic E-state index is 0.0542. The molecule has 2 aromatic rings. The number of nitrogens with two attached hydrogens (primary N) is 1. The summed E-state index contributed by atoms with van der Waals surface area (Å²) in [6.07, 6.45) is 1.51. The smallest absolute Gasteiger partial charge is 0.263 e. The second-order valence-electron chi connectivity index (χ2n) is 4.44. The summed E-state index contributed by atoms with van der Waals surface area (Å²) < 4.78 is 32.5. The number of hydrogen-bond donors (Lipinski definition) is 2. The number of methoxy groups -OCH3 is 1. The summed E-state index contributed by atoms with van der Waals surface area (Å²) in [6.45, 7) is 1.85. The van der Waals surface area contributed by atoms with Crippen LogP contribution < -0.4 is 15.2 Å². The van der Waals surface area contributed by atoms with Crippen molar-refractivity contribution in [1.29, 1.82) is 0 Å². The minimum Gasteiger partial charge on any atom is -0.497 e.